The summed E-state index contributed by atoms with van der Waals surface area (Å²) < 4.78 is 1.04. The molecule has 2 aromatic rings. The topological polar surface area (TPSA) is 33.2 Å². The highest BCUT2D eigenvalue weighted by atomic mass is 79.9. The van der Waals surface area contributed by atoms with Crippen LogP contribution in [0, 0.1) is 6.92 Å². The molecule has 19 heavy (non-hydrogen) atoms. The molecule has 0 spiro atoms. The summed E-state index contributed by atoms with van der Waals surface area (Å²) in [5.74, 6) is -0.0584. The van der Waals surface area contributed by atoms with Gasteiger partial charge in [-0.3, -0.25) is 4.79 Å². The lowest BCUT2D eigenvalue weighted by molar-refractivity contribution is 0.0786. The summed E-state index contributed by atoms with van der Waals surface area (Å²) >= 11 is 10.9. The van der Waals surface area contributed by atoms with Crippen molar-refractivity contribution in [1.82, 2.24) is 9.88 Å². The molecular formula is C13H12BrClN2OS. The highest BCUT2D eigenvalue weighted by Crippen LogP contribution is 2.21. The molecular weight excluding hydrogens is 348 g/mol. The molecule has 0 bridgehead atoms. The lowest BCUT2D eigenvalue weighted by Crippen LogP contribution is -2.26. The smallest absolute Gasteiger partial charge is 0.254 e. The van der Waals surface area contributed by atoms with E-state index in [0.717, 1.165) is 15.0 Å². The Balaban J connectivity index is 2.14. The van der Waals surface area contributed by atoms with Crippen LogP contribution in [0.2, 0.25) is 5.15 Å². The SMILES string of the molecule is Cc1cc(C(=O)N(C)Cc2cc(Br)cs2)cc(Cl)n1. The van der Waals surface area contributed by atoms with Crippen LogP contribution in [0.25, 0.3) is 0 Å². The van der Waals surface area contributed by atoms with E-state index in [0.29, 0.717) is 17.3 Å². The van der Waals surface area contributed by atoms with Gasteiger partial charge in [0.15, 0.2) is 0 Å². The number of thiophene rings is 1. The van der Waals surface area contributed by atoms with Crippen LogP contribution in [0.15, 0.2) is 28.1 Å². The zero-order valence-electron chi connectivity index (χ0n) is 10.5. The predicted octanol–water partition coefficient (Wildman–Crippen LogP) is 4.14. The van der Waals surface area contributed by atoms with Crippen molar-refractivity contribution >= 4 is 44.8 Å². The average Bonchev–Trinajstić information content (AvgIpc) is 2.72. The number of pyridine rings is 1. The zero-order valence-corrected chi connectivity index (χ0v) is 13.6. The number of aryl methyl sites for hydroxylation is 1. The summed E-state index contributed by atoms with van der Waals surface area (Å²) in [6.45, 7) is 2.40. The van der Waals surface area contributed by atoms with Crippen molar-refractivity contribution in [3.05, 3.63) is 49.3 Å². The van der Waals surface area contributed by atoms with Crippen LogP contribution in [0.4, 0.5) is 0 Å². The summed E-state index contributed by atoms with van der Waals surface area (Å²) in [5.41, 5.74) is 1.30. The summed E-state index contributed by atoms with van der Waals surface area (Å²) in [4.78, 5) is 19.1. The molecule has 0 radical (unpaired) electrons. The first-order chi connectivity index (χ1) is 8.95. The number of rotatable bonds is 3. The summed E-state index contributed by atoms with van der Waals surface area (Å²) in [6.07, 6.45) is 0. The predicted molar refractivity (Wildman–Crippen MR) is 81.8 cm³/mol. The Hall–Kier alpha value is -0.910. The third kappa shape index (κ3) is 3.78. The van der Waals surface area contributed by atoms with Crippen LogP contribution in [0.3, 0.4) is 0 Å². The fourth-order valence-electron chi connectivity index (χ4n) is 1.71. The molecule has 6 heteroatoms. The highest BCUT2D eigenvalue weighted by molar-refractivity contribution is 9.10. The Kier molecular flexibility index (Phi) is 4.60. The molecule has 0 fully saturated rings. The second kappa shape index (κ2) is 6.03. The van der Waals surface area contributed by atoms with E-state index in [9.17, 15) is 4.79 Å². The van der Waals surface area contributed by atoms with E-state index in [1.54, 1.807) is 35.4 Å². The van der Waals surface area contributed by atoms with E-state index >= 15 is 0 Å². The number of hydrogen-bond donors (Lipinski definition) is 0. The van der Waals surface area contributed by atoms with Crippen molar-refractivity contribution < 1.29 is 4.79 Å². The molecule has 0 aliphatic carbocycles. The van der Waals surface area contributed by atoms with E-state index in [2.05, 4.69) is 20.9 Å². The lowest BCUT2D eigenvalue weighted by Gasteiger charge is -2.16. The first kappa shape index (κ1) is 14.5. The molecule has 100 valence electrons. The van der Waals surface area contributed by atoms with Crippen LogP contribution < -0.4 is 0 Å². The van der Waals surface area contributed by atoms with Crippen LogP contribution in [-0.2, 0) is 6.54 Å². The van der Waals surface area contributed by atoms with Gasteiger partial charge in [-0.25, -0.2) is 4.98 Å². The number of carbonyl (C=O) groups is 1. The van der Waals surface area contributed by atoms with E-state index < -0.39 is 0 Å². The Morgan fingerprint density at radius 2 is 2.21 bits per heavy atom. The van der Waals surface area contributed by atoms with E-state index in [4.69, 9.17) is 11.6 Å². The maximum Gasteiger partial charge on any atom is 0.254 e. The van der Waals surface area contributed by atoms with Gasteiger partial charge < -0.3 is 4.90 Å². The van der Waals surface area contributed by atoms with E-state index in [1.165, 1.54) is 0 Å². The van der Waals surface area contributed by atoms with Gasteiger partial charge in [0, 0.05) is 33.0 Å². The molecule has 0 aliphatic heterocycles. The summed E-state index contributed by atoms with van der Waals surface area (Å²) in [6, 6.07) is 5.35. The van der Waals surface area contributed by atoms with Gasteiger partial charge >= 0.3 is 0 Å². The number of halogens is 2. The van der Waals surface area contributed by atoms with Crippen molar-refractivity contribution in [3.63, 3.8) is 0 Å². The van der Waals surface area contributed by atoms with E-state index in [-0.39, 0.29) is 5.91 Å². The minimum atomic E-state index is -0.0584. The first-order valence-electron chi connectivity index (χ1n) is 5.58. The van der Waals surface area contributed by atoms with Gasteiger partial charge in [-0.05, 0) is 41.1 Å². The normalized spacial score (nSPS) is 10.5. The van der Waals surface area contributed by atoms with Gasteiger partial charge in [-0.15, -0.1) is 11.3 Å². The quantitative estimate of drug-likeness (QED) is 0.772. The maximum atomic E-state index is 12.3. The van der Waals surface area contributed by atoms with Crippen LogP contribution in [-0.4, -0.2) is 22.8 Å². The third-order valence-corrected chi connectivity index (χ3v) is 4.41. The van der Waals surface area contributed by atoms with Crippen LogP contribution in [0.1, 0.15) is 20.9 Å². The summed E-state index contributed by atoms with van der Waals surface area (Å²) in [5, 5.41) is 2.34. The number of hydrogen-bond acceptors (Lipinski definition) is 3. The molecule has 1 amide bonds. The fourth-order valence-corrected chi connectivity index (χ4v) is 3.47. The second-order valence-corrected chi connectivity index (χ2v) is 6.51. The van der Waals surface area contributed by atoms with E-state index in [1.807, 2.05) is 18.4 Å². The standard InChI is InChI=1S/C13H12BrClN2OS/c1-8-3-9(4-12(15)16-8)13(18)17(2)6-11-5-10(14)7-19-11/h3-5,7H,6H2,1-2H3. The number of carbonyl (C=O) groups excluding carboxylic acids is 1. The van der Waals surface area contributed by atoms with Crippen LogP contribution in [0.5, 0.6) is 0 Å². The molecule has 0 aliphatic rings. The first-order valence-corrected chi connectivity index (χ1v) is 7.63. The molecule has 2 aromatic heterocycles. The average molecular weight is 360 g/mol. The molecule has 0 N–H and O–H groups in total. The van der Waals surface area contributed by atoms with Gasteiger partial charge in [-0.2, -0.15) is 0 Å². The molecule has 0 aromatic carbocycles. The monoisotopic (exact) mass is 358 g/mol. The lowest BCUT2D eigenvalue weighted by atomic mass is 10.2. The molecule has 2 heterocycles. The van der Waals surface area contributed by atoms with Crippen molar-refractivity contribution in [2.45, 2.75) is 13.5 Å². The van der Waals surface area contributed by atoms with Crippen molar-refractivity contribution in [2.24, 2.45) is 0 Å². The van der Waals surface area contributed by atoms with Gasteiger partial charge in [0.1, 0.15) is 5.15 Å². The van der Waals surface area contributed by atoms with Gasteiger partial charge in [0.2, 0.25) is 0 Å². The molecule has 0 unspecified atom stereocenters. The molecule has 0 saturated heterocycles. The van der Waals surface area contributed by atoms with Crippen molar-refractivity contribution in [3.8, 4) is 0 Å². The van der Waals surface area contributed by atoms with Crippen molar-refractivity contribution in [2.75, 3.05) is 7.05 Å². The third-order valence-electron chi connectivity index (χ3n) is 2.53. The number of amides is 1. The number of aromatic nitrogens is 1. The highest BCUT2D eigenvalue weighted by Gasteiger charge is 2.14. The maximum absolute atomic E-state index is 12.3. The van der Waals surface area contributed by atoms with Gasteiger partial charge in [-0.1, -0.05) is 11.6 Å². The largest absolute Gasteiger partial charge is 0.337 e. The minimum Gasteiger partial charge on any atom is -0.337 e. The Morgan fingerprint density at radius 1 is 1.47 bits per heavy atom. The summed E-state index contributed by atoms with van der Waals surface area (Å²) in [7, 11) is 1.78. The Bertz CT molecular complexity index is 594. The number of nitrogens with zero attached hydrogens (tertiary/aromatic N) is 2. The second-order valence-electron chi connectivity index (χ2n) is 4.21. The minimum absolute atomic E-state index is 0.0584. The fraction of sp³-hybridized carbons (Fsp3) is 0.231. The zero-order chi connectivity index (χ0) is 14.0. The molecule has 0 saturated carbocycles. The molecule has 3 nitrogen and oxygen atoms in total. The Labute approximate surface area is 129 Å². The van der Waals surface area contributed by atoms with Crippen molar-refractivity contribution in [1.29, 1.82) is 0 Å². The molecule has 2 rings (SSSR count). The van der Waals surface area contributed by atoms with Crippen LogP contribution >= 0.6 is 38.9 Å². The molecule has 0 atom stereocenters. The van der Waals surface area contributed by atoms with Gasteiger partial charge in [0.25, 0.3) is 5.91 Å². The Morgan fingerprint density at radius 3 is 2.79 bits per heavy atom. The van der Waals surface area contributed by atoms with Gasteiger partial charge in [0.05, 0.1) is 6.54 Å².